The Hall–Kier alpha value is -1.91. The SMILES string of the molecule is CC(=O)CCCCOc1c(C)cccc1[N+](=O)[O-]. The average molecular weight is 251 g/mol. The highest BCUT2D eigenvalue weighted by Gasteiger charge is 2.16. The Bertz CT molecular complexity index is 443. The predicted molar refractivity (Wildman–Crippen MR) is 67.9 cm³/mol. The number of hydrogen-bond acceptors (Lipinski definition) is 4. The number of para-hydroxylation sites is 1. The van der Waals surface area contributed by atoms with E-state index in [9.17, 15) is 14.9 Å². The number of nitro benzene ring substituents is 1. The first-order valence-corrected chi connectivity index (χ1v) is 5.88. The molecule has 1 rings (SSSR count). The van der Waals surface area contributed by atoms with E-state index in [1.807, 2.05) is 0 Å². The first-order chi connectivity index (χ1) is 8.52. The van der Waals surface area contributed by atoms with Gasteiger partial charge < -0.3 is 9.53 Å². The molecule has 5 nitrogen and oxygen atoms in total. The van der Waals surface area contributed by atoms with Crippen LogP contribution in [0.5, 0.6) is 5.75 Å². The molecule has 0 aliphatic heterocycles. The number of hydrogen-bond donors (Lipinski definition) is 0. The van der Waals surface area contributed by atoms with E-state index in [1.54, 1.807) is 26.0 Å². The summed E-state index contributed by atoms with van der Waals surface area (Å²) >= 11 is 0. The number of benzene rings is 1. The molecule has 0 fully saturated rings. The highest BCUT2D eigenvalue weighted by molar-refractivity contribution is 5.75. The summed E-state index contributed by atoms with van der Waals surface area (Å²) in [7, 11) is 0. The third kappa shape index (κ3) is 4.16. The molecule has 0 N–H and O–H groups in total. The van der Waals surface area contributed by atoms with Crippen molar-refractivity contribution in [3.63, 3.8) is 0 Å². The molecule has 0 saturated carbocycles. The van der Waals surface area contributed by atoms with E-state index in [0.29, 0.717) is 25.2 Å². The van der Waals surface area contributed by atoms with E-state index in [-0.39, 0.29) is 11.5 Å². The van der Waals surface area contributed by atoms with Crippen LogP contribution in [-0.2, 0) is 4.79 Å². The van der Waals surface area contributed by atoms with Crippen molar-refractivity contribution in [3.05, 3.63) is 33.9 Å². The lowest BCUT2D eigenvalue weighted by Crippen LogP contribution is -2.03. The number of carbonyl (C=O) groups excluding carboxylic acids is 1. The van der Waals surface area contributed by atoms with Crippen molar-refractivity contribution in [1.82, 2.24) is 0 Å². The van der Waals surface area contributed by atoms with Gasteiger partial charge in [-0.15, -0.1) is 0 Å². The van der Waals surface area contributed by atoms with Gasteiger partial charge in [-0.1, -0.05) is 12.1 Å². The van der Waals surface area contributed by atoms with Crippen LogP contribution in [-0.4, -0.2) is 17.3 Å². The monoisotopic (exact) mass is 251 g/mol. The summed E-state index contributed by atoms with van der Waals surface area (Å²) in [5.41, 5.74) is 0.734. The normalized spacial score (nSPS) is 10.1. The molecule has 1 aromatic carbocycles. The van der Waals surface area contributed by atoms with E-state index < -0.39 is 4.92 Å². The first-order valence-electron chi connectivity index (χ1n) is 5.88. The number of aryl methyl sites for hydroxylation is 1. The summed E-state index contributed by atoms with van der Waals surface area (Å²) in [6.45, 7) is 3.71. The number of nitro groups is 1. The Morgan fingerprint density at radius 3 is 2.72 bits per heavy atom. The van der Waals surface area contributed by atoms with Gasteiger partial charge in [0, 0.05) is 12.5 Å². The number of Topliss-reactive ketones (excluding diaryl/α,β-unsaturated/α-hetero) is 1. The molecule has 98 valence electrons. The minimum absolute atomic E-state index is 0.0124. The summed E-state index contributed by atoms with van der Waals surface area (Å²) < 4.78 is 5.46. The number of ketones is 1. The maximum Gasteiger partial charge on any atom is 0.311 e. The fourth-order valence-corrected chi connectivity index (χ4v) is 1.62. The number of nitrogens with zero attached hydrogens (tertiary/aromatic N) is 1. The Balaban J connectivity index is 2.56. The van der Waals surface area contributed by atoms with Crippen LogP contribution >= 0.6 is 0 Å². The number of carbonyl (C=O) groups is 1. The van der Waals surface area contributed by atoms with Crippen molar-refractivity contribution >= 4 is 11.5 Å². The second-order valence-corrected chi connectivity index (χ2v) is 4.19. The van der Waals surface area contributed by atoms with Crippen molar-refractivity contribution < 1.29 is 14.5 Å². The van der Waals surface area contributed by atoms with Gasteiger partial charge >= 0.3 is 5.69 Å². The van der Waals surface area contributed by atoms with Crippen molar-refractivity contribution in [2.45, 2.75) is 33.1 Å². The molecule has 0 saturated heterocycles. The second kappa shape index (κ2) is 6.74. The summed E-state index contributed by atoms with van der Waals surface area (Å²) in [4.78, 5) is 21.1. The van der Waals surface area contributed by atoms with Crippen LogP contribution in [0, 0.1) is 17.0 Å². The zero-order chi connectivity index (χ0) is 13.5. The molecule has 0 radical (unpaired) electrons. The third-order valence-electron chi connectivity index (χ3n) is 2.56. The van der Waals surface area contributed by atoms with Crippen molar-refractivity contribution in [1.29, 1.82) is 0 Å². The van der Waals surface area contributed by atoms with Crippen LogP contribution in [0.4, 0.5) is 5.69 Å². The van der Waals surface area contributed by atoms with Crippen LogP contribution in [0.2, 0.25) is 0 Å². The number of unbranched alkanes of at least 4 members (excludes halogenated alkanes) is 1. The molecule has 18 heavy (non-hydrogen) atoms. The lowest BCUT2D eigenvalue weighted by molar-refractivity contribution is -0.385. The molecule has 0 atom stereocenters. The summed E-state index contributed by atoms with van der Waals surface area (Å²) in [6, 6.07) is 4.84. The van der Waals surface area contributed by atoms with E-state index in [1.165, 1.54) is 6.07 Å². The van der Waals surface area contributed by atoms with Crippen LogP contribution in [0.3, 0.4) is 0 Å². The molecule has 0 spiro atoms. The maximum atomic E-state index is 10.8. The molecular formula is C13H17NO4. The van der Waals surface area contributed by atoms with Crippen LogP contribution in [0.1, 0.15) is 31.7 Å². The van der Waals surface area contributed by atoms with Crippen molar-refractivity contribution in [2.75, 3.05) is 6.61 Å². The lowest BCUT2D eigenvalue weighted by atomic mass is 10.2. The Morgan fingerprint density at radius 2 is 2.11 bits per heavy atom. The first kappa shape index (κ1) is 14.2. The van der Waals surface area contributed by atoms with Gasteiger partial charge in [-0.2, -0.15) is 0 Å². The number of ether oxygens (including phenoxy) is 1. The van der Waals surface area contributed by atoms with E-state index in [0.717, 1.165) is 12.0 Å². The fraction of sp³-hybridized carbons (Fsp3) is 0.462. The maximum absolute atomic E-state index is 10.8. The molecule has 5 heteroatoms. The van der Waals surface area contributed by atoms with Gasteiger partial charge in [0.2, 0.25) is 0 Å². The van der Waals surface area contributed by atoms with Crippen molar-refractivity contribution in [3.8, 4) is 5.75 Å². The smallest absolute Gasteiger partial charge is 0.311 e. The quantitative estimate of drug-likeness (QED) is 0.424. The lowest BCUT2D eigenvalue weighted by Gasteiger charge is -2.08. The van der Waals surface area contributed by atoms with E-state index >= 15 is 0 Å². The van der Waals surface area contributed by atoms with Crippen LogP contribution < -0.4 is 4.74 Å². The molecule has 0 aromatic heterocycles. The highest BCUT2D eigenvalue weighted by atomic mass is 16.6. The zero-order valence-corrected chi connectivity index (χ0v) is 10.6. The van der Waals surface area contributed by atoms with Crippen LogP contribution in [0.25, 0.3) is 0 Å². The Kier molecular flexibility index (Phi) is 5.30. The third-order valence-corrected chi connectivity index (χ3v) is 2.56. The highest BCUT2D eigenvalue weighted by Crippen LogP contribution is 2.30. The molecule has 0 amide bonds. The summed E-state index contributed by atoms with van der Waals surface area (Å²) in [6.07, 6.45) is 1.99. The van der Waals surface area contributed by atoms with E-state index in [2.05, 4.69) is 0 Å². The van der Waals surface area contributed by atoms with Gasteiger partial charge in [-0.05, 0) is 32.3 Å². The molecule has 0 heterocycles. The Morgan fingerprint density at radius 1 is 1.39 bits per heavy atom. The largest absolute Gasteiger partial charge is 0.487 e. The average Bonchev–Trinajstić information content (AvgIpc) is 2.29. The summed E-state index contributed by atoms with van der Waals surface area (Å²) in [5.74, 6) is 0.474. The molecular weight excluding hydrogens is 234 g/mol. The van der Waals surface area contributed by atoms with E-state index in [4.69, 9.17) is 4.74 Å². The van der Waals surface area contributed by atoms with Crippen LogP contribution in [0.15, 0.2) is 18.2 Å². The van der Waals surface area contributed by atoms with Gasteiger partial charge in [-0.3, -0.25) is 10.1 Å². The summed E-state index contributed by atoms with van der Waals surface area (Å²) in [5, 5.41) is 10.8. The topological polar surface area (TPSA) is 69.4 Å². The zero-order valence-electron chi connectivity index (χ0n) is 10.6. The fourth-order valence-electron chi connectivity index (χ4n) is 1.62. The standard InChI is InChI=1S/C13H17NO4/c1-10-6-5-8-12(14(16)17)13(10)18-9-4-3-7-11(2)15/h5-6,8H,3-4,7,9H2,1-2H3. The molecule has 0 unspecified atom stereocenters. The Labute approximate surface area is 106 Å². The van der Waals surface area contributed by atoms with Crippen molar-refractivity contribution in [2.24, 2.45) is 0 Å². The molecule has 0 aliphatic rings. The minimum Gasteiger partial charge on any atom is -0.487 e. The number of rotatable bonds is 7. The molecule has 0 aliphatic carbocycles. The van der Waals surface area contributed by atoms with Gasteiger partial charge in [0.1, 0.15) is 5.78 Å². The van der Waals surface area contributed by atoms with Gasteiger partial charge in [-0.25, -0.2) is 0 Å². The van der Waals surface area contributed by atoms with Gasteiger partial charge in [0.15, 0.2) is 5.75 Å². The molecule has 1 aromatic rings. The van der Waals surface area contributed by atoms with Gasteiger partial charge in [0.05, 0.1) is 11.5 Å². The minimum atomic E-state index is -0.447. The van der Waals surface area contributed by atoms with Gasteiger partial charge in [0.25, 0.3) is 0 Å². The second-order valence-electron chi connectivity index (χ2n) is 4.19. The predicted octanol–water partition coefficient (Wildman–Crippen LogP) is 3.04. The molecule has 0 bridgehead atoms.